The fourth-order valence-electron chi connectivity index (χ4n) is 3.23. The van der Waals surface area contributed by atoms with Crippen molar-refractivity contribution in [1.82, 2.24) is 14.5 Å². The van der Waals surface area contributed by atoms with Crippen LogP contribution in [0.25, 0.3) is 11.0 Å². The van der Waals surface area contributed by atoms with Gasteiger partial charge in [0, 0.05) is 12.6 Å². The fourth-order valence-corrected chi connectivity index (χ4v) is 3.23. The fraction of sp³-hybridized carbons (Fsp3) is 0.500. The largest absolute Gasteiger partial charge is 0.304 e. The number of hydrogen-bond acceptors (Lipinski definition) is 3. The summed E-state index contributed by atoms with van der Waals surface area (Å²) in [6, 6.07) is 8.39. The highest BCUT2D eigenvalue weighted by molar-refractivity contribution is 5.74. The van der Waals surface area contributed by atoms with Crippen LogP contribution < -0.4 is 5.56 Å². The predicted molar refractivity (Wildman–Crippen MR) is 81.0 cm³/mol. The molecule has 0 saturated carbocycles. The topological polar surface area (TPSA) is 38.1 Å². The van der Waals surface area contributed by atoms with Gasteiger partial charge in [-0.05, 0) is 45.0 Å². The zero-order chi connectivity index (χ0) is 14.1. The van der Waals surface area contributed by atoms with Crippen molar-refractivity contribution in [2.24, 2.45) is 0 Å². The van der Waals surface area contributed by atoms with Crippen molar-refractivity contribution in [2.45, 2.75) is 39.3 Å². The van der Waals surface area contributed by atoms with Gasteiger partial charge in [0.05, 0.1) is 11.0 Å². The molecule has 1 fully saturated rings. The Morgan fingerprint density at radius 2 is 2.15 bits per heavy atom. The minimum Gasteiger partial charge on any atom is -0.304 e. The van der Waals surface area contributed by atoms with Gasteiger partial charge in [0.1, 0.15) is 5.69 Å². The summed E-state index contributed by atoms with van der Waals surface area (Å²) in [4.78, 5) is 19.3. The monoisotopic (exact) mass is 271 g/mol. The van der Waals surface area contributed by atoms with Crippen molar-refractivity contribution in [3.05, 3.63) is 40.3 Å². The highest BCUT2D eigenvalue weighted by Crippen LogP contribution is 2.19. The number of likely N-dealkylation sites (tertiary alicyclic amines) is 1. The zero-order valence-corrected chi connectivity index (χ0v) is 12.2. The lowest BCUT2D eigenvalue weighted by Gasteiger charge is -2.24. The molecule has 0 N–H and O–H groups in total. The van der Waals surface area contributed by atoms with Crippen LogP contribution in [0.5, 0.6) is 0 Å². The van der Waals surface area contributed by atoms with Gasteiger partial charge in [-0.1, -0.05) is 19.1 Å². The third-order valence-corrected chi connectivity index (χ3v) is 4.31. The molecule has 0 radical (unpaired) electrons. The van der Waals surface area contributed by atoms with E-state index in [1.54, 1.807) is 6.92 Å². The number of para-hydroxylation sites is 2. The van der Waals surface area contributed by atoms with E-state index in [0.717, 1.165) is 30.7 Å². The Morgan fingerprint density at radius 3 is 2.95 bits per heavy atom. The molecule has 1 aromatic carbocycles. The molecule has 2 heterocycles. The van der Waals surface area contributed by atoms with Crippen molar-refractivity contribution in [3.63, 3.8) is 0 Å². The van der Waals surface area contributed by atoms with E-state index in [0.29, 0.717) is 11.7 Å². The first-order valence-corrected chi connectivity index (χ1v) is 7.41. The number of likely N-dealkylation sites (N-methyl/N-ethyl adjacent to an activating group) is 1. The van der Waals surface area contributed by atoms with Gasteiger partial charge in [0.2, 0.25) is 0 Å². The lowest BCUT2D eigenvalue weighted by atomic mass is 10.2. The first-order valence-electron chi connectivity index (χ1n) is 7.41. The van der Waals surface area contributed by atoms with Gasteiger partial charge < -0.3 is 4.57 Å². The van der Waals surface area contributed by atoms with E-state index < -0.39 is 0 Å². The Labute approximate surface area is 119 Å². The van der Waals surface area contributed by atoms with Crippen LogP contribution in [0, 0.1) is 6.92 Å². The zero-order valence-electron chi connectivity index (χ0n) is 12.2. The minimum atomic E-state index is 0.0478. The van der Waals surface area contributed by atoms with Gasteiger partial charge in [-0.2, -0.15) is 0 Å². The second-order valence-corrected chi connectivity index (χ2v) is 5.53. The van der Waals surface area contributed by atoms with Crippen LogP contribution in [0.1, 0.15) is 25.5 Å². The Kier molecular flexibility index (Phi) is 3.57. The molecule has 3 rings (SSSR count). The molecule has 1 aliphatic heterocycles. The Balaban J connectivity index is 2.06. The number of hydrogen-bond donors (Lipinski definition) is 0. The number of aromatic nitrogens is 2. The summed E-state index contributed by atoms with van der Waals surface area (Å²) in [5.41, 5.74) is 2.49. The Bertz CT molecular complexity index is 677. The van der Waals surface area contributed by atoms with Crippen molar-refractivity contribution < 1.29 is 0 Å². The Morgan fingerprint density at radius 1 is 1.35 bits per heavy atom. The van der Waals surface area contributed by atoms with Crippen molar-refractivity contribution >= 4 is 11.0 Å². The summed E-state index contributed by atoms with van der Waals surface area (Å²) in [7, 11) is 0. The van der Waals surface area contributed by atoms with Crippen molar-refractivity contribution in [1.29, 1.82) is 0 Å². The Hall–Kier alpha value is -1.68. The maximum absolute atomic E-state index is 12.4. The van der Waals surface area contributed by atoms with Crippen LogP contribution in [0.3, 0.4) is 0 Å². The minimum absolute atomic E-state index is 0.0478. The molecule has 0 aliphatic carbocycles. The van der Waals surface area contributed by atoms with Crippen LogP contribution in [0.2, 0.25) is 0 Å². The molecule has 20 heavy (non-hydrogen) atoms. The van der Waals surface area contributed by atoms with Gasteiger partial charge in [0.25, 0.3) is 5.56 Å². The molecule has 1 unspecified atom stereocenters. The summed E-state index contributed by atoms with van der Waals surface area (Å²) < 4.78 is 1.91. The standard InChI is InChI=1S/C16H21N3O/c1-3-18-10-6-7-13(18)11-19-15-9-5-4-8-14(15)17-12(2)16(19)20/h4-5,8-9,13H,3,6-7,10-11H2,1-2H3. The van der Waals surface area contributed by atoms with Gasteiger partial charge in [0.15, 0.2) is 0 Å². The first-order chi connectivity index (χ1) is 9.70. The van der Waals surface area contributed by atoms with Crippen LogP contribution in [-0.2, 0) is 6.54 Å². The molecule has 1 aromatic heterocycles. The van der Waals surface area contributed by atoms with E-state index in [9.17, 15) is 4.79 Å². The molecule has 1 saturated heterocycles. The molecule has 0 spiro atoms. The average molecular weight is 271 g/mol. The molecular weight excluding hydrogens is 250 g/mol. The van der Waals surface area contributed by atoms with Crippen molar-refractivity contribution in [2.75, 3.05) is 13.1 Å². The van der Waals surface area contributed by atoms with Crippen molar-refractivity contribution in [3.8, 4) is 0 Å². The summed E-state index contributed by atoms with van der Waals surface area (Å²) >= 11 is 0. The highest BCUT2D eigenvalue weighted by Gasteiger charge is 2.24. The quantitative estimate of drug-likeness (QED) is 0.859. The molecule has 0 bridgehead atoms. The summed E-state index contributed by atoms with van der Waals surface area (Å²) in [5, 5.41) is 0. The van der Waals surface area contributed by atoms with Crippen LogP contribution in [0.4, 0.5) is 0 Å². The van der Waals surface area contributed by atoms with E-state index >= 15 is 0 Å². The smallest absolute Gasteiger partial charge is 0.272 e. The third kappa shape index (κ3) is 2.24. The molecule has 4 heteroatoms. The molecule has 0 amide bonds. The normalized spacial score (nSPS) is 19.8. The first kappa shape index (κ1) is 13.3. The van der Waals surface area contributed by atoms with E-state index in [-0.39, 0.29) is 5.56 Å². The summed E-state index contributed by atoms with van der Waals surface area (Å²) in [6.45, 7) is 6.98. The summed E-state index contributed by atoms with van der Waals surface area (Å²) in [5.74, 6) is 0. The molecule has 106 valence electrons. The van der Waals surface area contributed by atoms with Crippen LogP contribution in [0.15, 0.2) is 29.1 Å². The van der Waals surface area contributed by atoms with E-state index in [1.807, 2.05) is 28.8 Å². The molecule has 1 aliphatic rings. The molecule has 4 nitrogen and oxygen atoms in total. The number of benzene rings is 1. The number of rotatable bonds is 3. The van der Waals surface area contributed by atoms with Gasteiger partial charge >= 0.3 is 0 Å². The van der Waals surface area contributed by atoms with Gasteiger partial charge in [-0.3, -0.25) is 9.69 Å². The number of aryl methyl sites for hydroxylation is 1. The maximum atomic E-state index is 12.4. The van der Waals surface area contributed by atoms with Gasteiger partial charge in [-0.15, -0.1) is 0 Å². The second-order valence-electron chi connectivity index (χ2n) is 5.53. The number of nitrogens with zero attached hydrogens (tertiary/aromatic N) is 3. The second kappa shape index (κ2) is 5.37. The van der Waals surface area contributed by atoms with Gasteiger partial charge in [-0.25, -0.2) is 4.98 Å². The van der Waals surface area contributed by atoms with E-state index in [4.69, 9.17) is 0 Å². The lowest BCUT2D eigenvalue weighted by Crippen LogP contribution is -2.36. The van der Waals surface area contributed by atoms with Crippen LogP contribution >= 0.6 is 0 Å². The molecule has 2 aromatic rings. The third-order valence-electron chi connectivity index (χ3n) is 4.31. The molecule has 1 atom stereocenters. The predicted octanol–water partition coefficient (Wildman–Crippen LogP) is 2.19. The SMILES string of the molecule is CCN1CCCC1Cn1c(=O)c(C)nc2ccccc21. The van der Waals surface area contributed by atoms with E-state index in [1.165, 1.54) is 12.8 Å². The maximum Gasteiger partial charge on any atom is 0.272 e. The average Bonchev–Trinajstić information content (AvgIpc) is 2.91. The highest BCUT2D eigenvalue weighted by atomic mass is 16.1. The number of fused-ring (bicyclic) bond motifs is 1. The van der Waals surface area contributed by atoms with Crippen LogP contribution in [-0.4, -0.2) is 33.6 Å². The molecular formula is C16H21N3O. The lowest BCUT2D eigenvalue weighted by molar-refractivity contribution is 0.244. The van der Waals surface area contributed by atoms with E-state index in [2.05, 4.69) is 16.8 Å². The summed E-state index contributed by atoms with van der Waals surface area (Å²) in [6.07, 6.45) is 2.41.